The van der Waals surface area contributed by atoms with E-state index in [1.54, 1.807) is 67.7 Å². The maximum absolute atomic E-state index is 13.4. The van der Waals surface area contributed by atoms with Crippen LogP contribution in [0.25, 0.3) is 0 Å². The maximum Gasteiger partial charge on any atom is 0.410 e. The Hall–Kier alpha value is -4.63. The van der Waals surface area contributed by atoms with Crippen molar-refractivity contribution >= 4 is 75.7 Å². The van der Waals surface area contributed by atoms with Crippen LogP contribution in [0.1, 0.15) is 82.3 Å². The number of hydrogen-bond donors (Lipinski definition) is 2. The number of piperidine rings is 2. The minimum Gasteiger partial charge on any atom is -0.493 e. The summed E-state index contributed by atoms with van der Waals surface area (Å²) in [5.41, 5.74) is 2.36. The highest BCUT2D eigenvalue weighted by atomic mass is 35.5. The molecule has 4 saturated heterocycles. The number of halogens is 4. The Morgan fingerprint density at radius 2 is 1.28 bits per heavy atom. The van der Waals surface area contributed by atoms with Crippen LogP contribution >= 0.6 is 46.4 Å². The lowest BCUT2D eigenvalue weighted by molar-refractivity contribution is -0.119. The molecule has 4 aliphatic heterocycles. The molecule has 0 aromatic heterocycles. The number of benzene rings is 4. The minimum atomic E-state index is -1.01. The SMILES string of the molecule is COc1ccc(N2C(=O)C(c3ccc(Cl)c(Cl)c3)CC2O)cc1OCC1CCCN(C(=O)OC(C)(C)C)C1.COc1ccc(N2CCC(c3ccc(Cl)c(Cl)c3)C2=O)cc1OCC1CCCNC1. The van der Waals surface area contributed by atoms with Crippen LogP contribution in [0.5, 0.6) is 23.0 Å². The molecule has 5 atom stereocenters. The standard InChI is InChI=1S/C28H34Cl2N2O6.C23H26Cl2N2O3/c1-28(2,3)38-27(35)31-11-5-6-17(15-31)16-37-24-13-19(8-10-23(24)36-4)32-25(33)14-20(26(32)34)18-7-9-21(29)22(30)12-18;1-29-21-7-5-17(12-22(21)30-14-15-3-2-9-26-13-15)27-10-8-18(23(27)28)16-4-6-19(24)20(25)11-16/h7-10,12-13,17,20,25,33H,5-6,11,14-16H2,1-4H3;4-7,11-12,15,18,26H,2-3,8-10,13-14H2,1H3. The van der Waals surface area contributed by atoms with Crippen molar-refractivity contribution < 1.29 is 43.2 Å². The molecule has 4 aromatic carbocycles. The monoisotopic (exact) mass is 1010 g/mol. The zero-order valence-corrected chi connectivity index (χ0v) is 42.1. The summed E-state index contributed by atoms with van der Waals surface area (Å²) in [6.45, 7) is 10.4. The molecule has 0 bridgehead atoms. The zero-order chi connectivity index (χ0) is 48.7. The van der Waals surface area contributed by atoms with Gasteiger partial charge in [0.2, 0.25) is 11.8 Å². The van der Waals surface area contributed by atoms with E-state index in [4.69, 9.17) is 70.1 Å². The quantitative estimate of drug-likeness (QED) is 0.141. The Labute approximate surface area is 418 Å². The van der Waals surface area contributed by atoms with Crippen molar-refractivity contribution in [3.63, 3.8) is 0 Å². The van der Waals surface area contributed by atoms with Crippen LogP contribution in [0, 0.1) is 11.8 Å². The molecule has 68 heavy (non-hydrogen) atoms. The number of nitrogens with one attached hydrogen (secondary N) is 1. The van der Waals surface area contributed by atoms with Gasteiger partial charge in [0.1, 0.15) is 11.8 Å². The lowest BCUT2D eigenvalue weighted by Crippen LogP contribution is -2.44. The van der Waals surface area contributed by atoms with Crippen molar-refractivity contribution in [2.24, 2.45) is 11.8 Å². The van der Waals surface area contributed by atoms with Crippen LogP contribution in [-0.2, 0) is 14.3 Å². The first-order chi connectivity index (χ1) is 32.5. The van der Waals surface area contributed by atoms with Crippen molar-refractivity contribution in [2.75, 3.05) is 70.0 Å². The van der Waals surface area contributed by atoms with Crippen molar-refractivity contribution in [1.82, 2.24) is 10.2 Å². The highest BCUT2D eigenvalue weighted by Crippen LogP contribution is 2.42. The Kier molecular flexibility index (Phi) is 17.2. The van der Waals surface area contributed by atoms with Crippen LogP contribution in [-0.4, -0.2) is 99.9 Å². The Morgan fingerprint density at radius 3 is 1.87 bits per heavy atom. The van der Waals surface area contributed by atoms with E-state index in [2.05, 4.69) is 5.32 Å². The summed E-state index contributed by atoms with van der Waals surface area (Å²) in [4.78, 5) is 43.9. The number of rotatable bonds is 12. The third kappa shape index (κ3) is 12.6. The lowest BCUT2D eigenvalue weighted by atomic mass is 9.97. The third-order valence-corrected chi connectivity index (χ3v) is 14.1. The van der Waals surface area contributed by atoms with Gasteiger partial charge in [0.15, 0.2) is 23.0 Å². The van der Waals surface area contributed by atoms with Gasteiger partial charge < -0.3 is 43.9 Å². The molecule has 17 heteroatoms. The van der Waals surface area contributed by atoms with Gasteiger partial charge in [0, 0.05) is 62.3 Å². The fourth-order valence-corrected chi connectivity index (χ4v) is 9.68. The number of nitrogens with zero attached hydrogens (tertiary/aromatic N) is 3. The van der Waals surface area contributed by atoms with Gasteiger partial charge in [-0.15, -0.1) is 0 Å². The number of hydrogen-bond acceptors (Lipinski definition) is 10. The zero-order valence-electron chi connectivity index (χ0n) is 39.1. The predicted octanol–water partition coefficient (Wildman–Crippen LogP) is 10.8. The smallest absolute Gasteiger partial charge is 0.410 e. The number of aliphatic hydroxyl groups excluding tert-OH is 1. The summed E-state index contributed by atoms with van der Waals surface area (Å²) in [6.07, 6.45) is 3.72. The van der Waals surface area contributed by atoms with Crippen molar-refractivity contribution in [3.05, 3.63) is 104 Å². The first-order valence-corrected chi connectivity index (χ1v) is 24.6. The predicted molar refractivity (Wildman–Crippen MR) is 267 cm³/mol. The summed E-state index contributed by atoms with van der Waals surface area (Å²) < 4.78 is 28.7. The highest BCUT2D eigenvalue weighted by molar-refractivity contribution is 6.42. The van der Waals surface area contributed by atoms with Gasteiger partial charge in [0.25, 0.3) is 0 Å². The Balaban J connectivity index is 0.000000207. The summed E-state index contributed by atoms with van der Waals surface area (Å²) >= 11 is 24.4. The topological polar surface area (TPSA) is 139 Å². The second kappa shape index (κ2) is 22.9. The molecule has 8 rings (SSSR count). The number of likely N-dealkylation sites (tertiary alicyclic amines) is 1. The van der Waals surface area contributed by atoms with E-state index in [-0.39, 0.29) is 36.2 Å². The fourth-order valence-electron chi connectivity index (χ4n) is 9.06. The largest absolute Gasteiger partial charge is 0.493 e. The molecule has 5 unspecified atom stereocenters. The molecular weight excluding hydrogens is 954 g/mol. The average molecular weight is 1010 g/mol. The molecule has 0 radical (unpaired) electrons. The molecule has 13 nitrogen and oxygen atoms in total. The molecule has 0 saturated carbocycles. The number of aliphatic hydroxyl groups is 1. The van der Waals surface area contributed by atoms with E-state index in [0.29, 0.717) is 93.1 Å². The van der Waals surface area contributed by atoms with E-state index in [1.807, 2.05) is 49.9 Å². The Morgan fingerprint density at radius 1 is 0.691 bits per heavy atom. The van der Waals surface area contributed by atoms with E-state index < -0.39 is 17.7 Å². The van der Waals surface area contributed by atoms with Gasteiger partial charge in [0.05, 0.1) is 65.0 Å². The molecule has 2 N–H and O–H groups in total. The molecule has 4 aliphatic rings. The van der Waals surface area contributed by atoms with Crippen molar-refractivity contribution in [3.8, 4) is 23.0 Å². The van der Waals surface area contributed by atoms with Crippen LogP contribution in [0.3, 0.4) is 0 Å². The molecule has 0 aliphatic carbocycles. The first-order valence-electron chi connectivity index (χ1n) is 23.1. The molecule has 366 valence electrons. The number of ether oxygens (including phenoxy) is 5. The summed E-state index contributed by atoms with van der Waals surface area (Å²) in [7, 11) is 3.17. The molecule has 0 spiro atoms. The number of amides is 3. The number of anilines is 2. The molecule has 3 amide bonds. The molecule has 4 aromatic rings. The van der Waals surface area contributed by atoms with Gasteiger partial charge in [-0.1, -0.05) is 58.5 Å². The first kappa shape index (κ1) is 51.2. The molecular formula is C51H60Cl4N4O9. The minimum absolute atomic E-state index is 0.0565. The second-order valence-corrected chi connectivity index (χ2v) is 20.2. The second-order valence-electron chi connectivity index (χ2n) is 18.6. The van der Waals surface area contributed by atoms with Crippen LogP contribution in [0.4, 0.5) is 16.2 Å². The van der Waals surface area contributed by atoms with Crippen LogP contribution in [0.2, 0.25) is 20.1 Å². The van der Waals surface area contributed by atoms with Gasteiger partial charge in [-0.3, -0.25) is 14.5 Å². The van der Waals surface area contributed by atoms with Crippen LogP contribution < -0.4 is 34.1 Å². The number of carbonyl (C=O) groups is 3. The molecule has 4 heterocycles. The van der Waals surface area contributed by atoms with Gasteiger partial charge >= 0.3 is 6.09 Å². The summed E-state index contributed by atoms with van der Waals surface area (Å²) in [5, 5.41) is 15.9. The van der Waals surface area contributed by atoms with E-state index in [9.17, 15) is 19.5 Å². The summed E-state index contributed by atoms with van der Waals surface area (Å²) in [6, 6.07) is 21.3. The van der Waals surface area contributed by atoms with Crippen LogP contribution in [0.15, 0.2) is 72.8 Å². The maximum atomic E-state index is 13.4. The lowest BCUT2D eigenvalue weighted by Gasteiger charge is -2.34. The van der Waals surface area contributed by atoms with Gasteiger partial charge in [-0.05, 0) is 119 Å². The van der Waals surface area contributed by atoms with Gasteiger partial charge in [-0.25, -0.2) is 4.79 Å². The normalized spacial score (nSPS) is 21.9. The number of carbonyl (C=O) groups excluding carboxylic acids is 3. The average Bonchev–Trinajstić information content (AvgIpc) is 3.86. The highest BCUT2D eigenvalue weighted by Gasteiger charge is 2.41. The molecule has 4 fully saturated rings. The fraction of sp³-hybridized carbons (Fsp3) is 0.471. The van der Waals surface area contributed by atoms with E-state index >= 15 is 0 Å². The van der Waals surface area contributed by atoms with E-state index in [0.717, 1.165) is 50.0 Å². The number of methoxy groups -OCH3 is 2. The van der Waals surface area contributed by atoms with Crippen molar-refractivity contribution in [2.45, 2.75) is 83.0 Å². The third-order valence-electron chi connectivity index (χ3n) is 12.6. The van der Waals surface area contributed by atoms with Crippen molar-refractivity contribution in [1.29, 1.82) is 0 Å². The Bertz CT molecular complexity index is 2430. The van der Waals surface area contributed by atoms with Gasteiger partial charge in [-0.2, -0.15) is 0 Å². The summed E-state index contributed by atoms with van der Waals surface area (Å²) in [5.74, 6) is 1.96. The van der Waals surface area contributed by atoms with E-state index in [1.165, 1.54) is 11.3 Å².